The predicted octanol–water partition coefficient (Wildman–Crippen LogP) is 2.75. The Bertz CT molecular complexity index is 584. The number of carbonyl (C=O) groups is 2. The van der Waals surface area contributed by atoms with E-state index >= 15 is 0 Å². The van der Waals surface area contributed by atoms with E-state index in [4.69, 9.17) is 4.74 Å². The van der Waals surface area contributed by atoms with Crippen LogP contribution in [0.2, 0.25) is 0 Å². The first-order chi connectivity index (χ1) is 12.3. The van der Waals surface area contributed by atoms with Crippen LogP contribution in [-0.4, -0.2) is 61.1 Å². The van der Waals surface area contributed by atoms with Crippen LogP contribution in [0.25, 0.3) is 0 Å². The molecule has 1 N–H and O–H groups in total. The van der Waals surface area contributed by atoms with Gasteiger partial charge in [-0.3, -0.25) is 4.79 Å². The number of urea groups is 1. The molecule has 1 aromatic rings. The van der Waals surface area contributed by atoms with Crippen molar-refractivity contribution in [2.45, 2.75) is 33.6 Å². The first-order valence-electron chi connectivity index (χ1n) is 9.33. The molecule has 0 bridgehead atoms. The largest absolute Gasteiger partial charge is 0.493 e. The maximum atomic E-state index is 12.4. The summed E-state index contributed by atoms with van der Waals surface area (Å²) in [5.41, 5.74) is 0.0578. The van der Waals surface area contributed by atoms with Crippen molar-refractivity contribution in [2.24, 2.45) is 5.41 Å². The van der Waals surface area contributed by atoms with Gasteiger partial charge in [0.15, 0.2) is 0 Å². The molecule has 6 heteroatoms. The number of ether oxygens (including phenoxy) is 1. The number of amides is 3. The Kier molecular flexibility index (Phi) is 7.30. The van der Waals surface area contributed by atoms with Crippen molar-refractivity contribution in [3.8, 4) is 5.75 Å². The van der Waals surface area contributed by atoms with Crippen molar-refractivity contribution in [2.75, 3.05) is 39.3 Å². The van der Waals surface area contributed by atoms with Crippen LogP contribution in [-0.2, 0) is 4.79 Å². The third-order valence-corrected chi connectivity index (χ3v) is 4.23. The van der Waals surface area contributed by atoms with Gasteiger partial charge < -0.3 is 19.9 Å². The number of hydrogen-bond donors (Lipinski definition) is 1. The molecule has 0 saturated carbocycles. The van der Waals surface area contributed by atoms with Crippen LogP contribution in [0.1, 0.15) is 33.6 Å². The van der Waals surface area contributed by atoms with E-state index in [1.807, 2.05) is 35.2 Å². The second-order valence-electron chi connectivity index (χ2n) is 7.85. The molecule has 1 saturated heterocycles. The highest BCUT2D eigenvalue weighted by Crippen LogP contribution is 2.12. The van der Waals surface area contributed by atoms with Gasteiger partial charge in [0, 0.05) is 32.7 Å². The Morgan fingerprint density at radius 3 is 2.38 bits per heavy atom. The van der Waals surface area contributed by atoms with Crippen LogP contribution in [0.3, 0.4) is 0 Å². The molecule has 2 rings (SSSR count). The van der Waals surface area contributed by atoms with E-state index < -0.39 is 0 Å². The maximum absolute atomic E-state index is 12.4. The highest BCUT2D eigenvalue weighted by Gasteiger charge is 2.22. The Labute approximate surface area is 156 Å². The summed E-state index contributed by atoms with van der Waals surface area (Å²) in [5.74, 6) is 0.857. The molecule has 1 aliphatic rings. The normalized spacial score (nSPS) is 15.3. The summed E-state index contributed by atoms with van der Waals surface area (Å²) >= 11 is 0. The van der Waals surface area contributed by atoms with Crippen molar-refractivity contribution in [3.05, 3.63) is 30.3 Å². The first-order valence-corrected chi connectivity index (χ1v) is 9.33. The molecule has 0 aromatic heterocycles. The molecule has 0 radical (unpaired) electrons. The topological polar surface area (TPSA) is 61.9 Å². The molecule has 1 aliphatic heterocycles. The van der Waals surface area contributed by atoms with Crippen molar-refractivity contribution in [1.29, 1.82) is 0 Å². The smallest absolute Gasteiger partial charge is 0.317 e. The molecule has 3 amide bonds. The van der Waals surface area contributed by atoms with Crippen molar-refractivity contribution >= 4 is 11.9 Å². The number of carbonyl (C=O) groups excluding carboxylic acids is 2. The van der Waals surface area contributed by atoms with Crippen LogP contribution >= 0.6 is 0 Å². The fourth-order valence-electron chi connectivity index (χ4n) is 2.75. The first kappa shape index (κ1) is 20.1. The number of para-hydroxylation sites is 1. The fraction of sp³-hybridized carbons (Fsp3) is 0.600. The van der Waals surface area contributed by atoms with Crippen molar-refractivity contribution in [3.63, 3.8) is 0 Å². The van der Waals surface area contributed by atoms with Crippen LogP contribution in [0.5, 0.6) is 5.75 Å². The van der Waals surface area contributed by atoms with Gasteiger partial charge in [0.05, 0.1) is 13.0 Å². The third-order valence-electron chi connectivity index (χ3n) is 4.23. The molecule has 6 nitrogen and oxygen atoms in total. The summed E-state index contributed by atoms with van der Waals surface area (Å²) in [6.07, 6.45) is 1.15. The summed E-state index contributed by atoms with van der Waals surface area (Å²) in [6, 6.07) is 9.46. The number of rotatable bonds is 5. The summed E-state index contributed by atoms with van der Waals surface area (Å²) in [7, 11) is 0. The van der Waals surface area contributed by atoms with Gasteiger partial charge >= 0.3 is 6.03 Å². The van der Waals surface area contributed by atoms with E-state index in [0.29, 0.717) is 45.8 Å². The van der Waals surface area contributed by atoms with Gasteiger partial charge in [-0.2, -0.15) is 0 Å². The van der Waals surface area contributed by atoms with Gasteiger partial charge in [0.25, 0.3) is 0 Å². The zero-order valence-electron chi connectivity index (χ0n) is 16.2. The molecule has 144 valence electrons. The van der Waals surface area contributed by atoms with E-state index in [0.717, 1.165) is 12.2 Å². The number of nitrogens with zero attached hydrogens (tertiary/aromatic N) is 2. The van der Waals surface area contributed by atoms with E-state index in [-0.39, 0.29) is 17.4 Å². The minimum atomic E-state index is -0.0402. The monoisotopic (exact) mass is 361 g/mol. The van der Waals surface area contributed by atoms with E-state index in [9.17, 15) is 9.59 Å². The Balaban J connectivity index is 1.73. The molecule has 0 aliphatic carbocycles. The maximum Gasteiger partial charge on any atom is 0.317 e. The standard InChI is InChI=1S/C20H31N3O3/c1-20(2,3)16-21-19(25)23-12-7-11-22(13-14-23)18(24)10-15-26-17-8-5-4-6-9-17/h4-6,8-9H,7,10-16H2,1-3H3,(H,21,25). The lowest BCUT2D eigenvalue weighted by Gasteiger charge is -2.25. The predicted molar refractivity (Wildman–Crippen MR) is 102 cm³/mol. The molecule has 0 unspecified atom stereocenters. The van der Waals surface area contributed by atoms with E-state index in [1.54, 1.807) is 4.90 Å². The summed E-state index contributed by atoms with van der Waals surface area (Å²) in [6.45, 7) is 9.80. The van der Waals surface area contributed by atoms with Crippen molar-refractivity contribution < 1.29 is 14.3 Å². The SMILES string of the molecule is CC(C)(C)CNC(=O)N1CCCN(C(=O)CCOc2ccccc2)CC1. The minimum Gasteiger partial charge on any atom is -0.493 e. The van der Waals surface area contributed by atoms with Crippen LogP contribution in [0.15, 0.2) is 30.3 Å². The van der Waals surface area contributed by atoms with Gasteiger partial charge in [0.2, 0.25) is 5.91 Å². The van der Waals surface area contributed by atoms with E-state index in [2.05, 4.69) is 26.1 Å². The average Bonchev–Trinajstić information content (AvgIpc) is 2.86. The Morgan fingerprint density at radius 2 is 1.69 bits per heavy atom. The zero-order valence-corrected chi connectivity index (χ0v) is 16.2. The molecule has 0 atom stereocenters. The average molecular weight is 361 g/mol. The molecule has 26 heavy (non-hydrogen) atoms. The number of hydrogen-bond acceptors (Lipinski definition) is 3. The number of nitrogens with one attached hydrogen (secondary N) is 1. The lowest BCUT2D eigenvalue weighted by atomic mass is 9.97. The molecule has 1 heterocycles. The molecular weight excluding hydrogens is 330 g/mol. The van der Waals surface area contributed by atoms with Crippen molar-refractivity contribution in [1.82, 2.24) is 15.1 Å². The second kappa shape index (κ2) is 9.46. The fourth-order valence-corrected chi connectivity index (χ4v) is 2.75. The molecule has 1 fully saturated rings. The van der Waals surface area contributed by atoms with Gasteiger partial charge in [0.1, 0.15) is 5.75 Å². The third kappa shape index (κ3) is 6.94. The van der Waals surface area contributed by atoms with Gasteiger partial charge in [-0.05, 0) is 24.0 Å². The van der Waals surface area contributed by atoms with Crippen LogP contribution in [0.4, 0.5) is 4.79 Å². The minimum absolute atomic E-state index is 0.0402. The molecule has 1 aromatic carbocycles. The molecule has 0 spiro atoms. The van der Waals surface area contributed by atoms with Gasteiger partial charge in [-0.1, -0.05) is 39.0 Å². The summed E-state index contributed by atoms with van der Waals surface area (Å²) in [5, 5.41) is 2.98. The highest BCUT2D eigenvalue weighted by atomic mass is 16.5. The second-order valence-corrected chi connectivity index (χ2v) is 7.85. The molecular formula is C20H31N3O3. The van der Waals surface area contributed by atoms with Crippen LogP contribution in [0, 0.1) is 5.41 Å². The number of benzene rings is 1. The van der Waals surface area contributed by atoms with Crippen LogP contribution < -0.4 is 10.1 Å². The lowest BCUT2D eigenvalue weighted by molar-refractivity contribution is -0.131. The zero-order chi connectivity index (χ0) is 19.0. The Hall–Kier alpha value is -2.24. The summed E-state index contributed by atoms with van der Waals surface area (Å²) in [4.78, 5) is 28.3. The van der Waals surface area contributed by atoms with Gasteiger partial charge in [-0.25, -0.2) is 4.79 Å². The highest BCUT2D eigenvalue weighted by molar-refractivity contribution is 5.77. The van der Waals surface area contributed by atoms with Gasteiger partial charge in [-0.15, -0.1) is 0 Å². The van der Waals surface area contributed by atoms with E-state index in [1.165, 1.54) is 0 Å². The Morgan fingerprint density at radius 1 is 1.04 bits per heavy atom. The quantitative estimate of drug-likeness (QED) is 0.877. The lowest BCUT2D eigenvalue weighted by Crippen LogP contribution is -2.44. The summed E-state index contributed by atoms with van der Waals surface area (Å²) < 4.78 is 5.60.